The summed E-state index contributed by atoms with van der Waals surface area (Å²) in [6.45, 7) is 21.8. The van der Waals surface area contributed by atoms with Crippen LogP contribution < -0.4 is 4.57 Å². The van der Waals surface area contributed by atoms with E-state index in [1.165, 1.54) is 29.7 Å². The highest BCUT2D eigenvalue weighted by Gasteiger charge is 2.57. The fourth-order valence-corrected chi connectivity index (χ4v) is 6.32. The first kappa shape index (κ1) is 20.6. The van der Waals surface area contributed by atoms with Crippen molar-refractivity contribution < 1.29 is 4.57 Å². The molecule has 2 heterocycles. The predicted molar refractivity (Wildman–Crippen MR) is 124 cm³/mol. The van der Waals surface area contributed by atoms with Crippen LogP contribution in [0.1, 0.15) is 103 Å². The van der Waals surface area contributed by atoms with Crippen LogP contribution in [-0.4, -0.2) is 0 Å². The summed E-state index contributed by atoms with van der Waals surface area (Å²) in [5.74, 6) is 0. The summed E-state index contributed by atoms with van der Waals surface area (Å²) in [4.78, 5) is 0. The van der Waals surface area contributed by atoms with Gasteiger partial charge in [0.15, 0.2) is 11.7 Å². The predicted octanol–water partition coefficient (Wildman–Crippen LogP) is 7.11. The number of benzene rings is 1. The Morgan fingerprint density at radius 1 is 0.828 bits per heavy atom. The monoisotopic (exact) mass is 390 g/mol. The van der Waals surface area contributed by atoms with E-state index in [0.717, 1.165) is 12.8 Å². The Morgan fingerprint density at radius 2 is 1.41 bits per heavy atom. The molecule has 0 fully saturated rings. The highest BCUT2D eigenvalue weighted by Crippen LogP contribution is 2.54. The van der Waals surface area contributed by atoms with Crippen molar-refractivity contribution in [3.63, 3.8) is 0 Å². The van der Waals surface area contributed by atoms with Crippen LogP contribution in [0.2, 0.25) is 0 Å². The highest BCUT2D eigenvalue weighted by molar-refractivity contribution is 5.71. The number of aryl methyl sites for hydroxylation is 1. The quantitative estimate of drug-likeness (QED) is 0.481. The molecule has 1 aromatic heterocycles. The summed E-state index contributed by atoms with van der Waals surface area (Å²) < 4.78 is 2.61. The minimum atomic E-state index is 0.0681. The van der Waals surface area contributed by atoms with E-state index in [4.69, 9.17) is 0 Å². The molecule has 1 aliphatic heterocycles. The number of fused-ring (bicyclic) bond motifs is 4. The molecule has 156 valence electrons. The van der Waals surface area contributed by atoms with E-state index in [0.29, 0.717) is 0 Å². The Balaban J connectivity index is 2.17. The van der Waals surface area contributed by atoms with Crippen molar-refractivity contribution >= 4 is 0 Å². The Kier molecular flexibility index (Phi) is 4.40. The Hall–Kier alpha value is -1.63. The summed E-state index contributed by atoms with van der Waals surface area (Å²) in [7, 11) is 0. The summed E-state index contributed by atoms with van der Waals surface area (Å²) >= 11 is 0. The highest BCUT2D eigenvalue weighted by atomic mass is 15.1. The van der Waals surface area contributed by atoms with Gasteiger partial charge in [-0.1, -0.05) is 47.6 Å². The summed E-state index contributed by atoms with van der Waals surface area (Å²) in [6.07, 6.45) is 7.13. The van der Waals surface area contributed by atoms with Gasteiger partial charge in [0, 0.05) is 25.0 Å². The van der Waals surface area contributed by atoms with Gasteiger partial charge < -0.3 is 0 Å². The molecule has 1 aromatic carbocycles. The zero-order valence-corrected chi connectivity index (χ0v) is 20.2. The van der Waals surface area contributed by atoms with Crippen LogP contribution in [0.3, 0.4) is 0 Å². The molecule has 2 atom stereocenters. The maximum absolute atomic E-state index is 2.64. The molecule has 29 heavy (non-hydrogen) atoms. The maximum Gasteiger partial charge on any atom is 0.216 e. The van der Waals surface area contributed by atoms with Gasteiger partial charge in [-0.05, 0) is 72.8 Å². The van der Waals surface area contributed by atoms with Crippen LogP contribution in [0.5, 0.6) is 0 Å². The van der Waals surface area contributed by atoms with Crippen molar-refractivity contribution in [1.29, 1.82) is 0 Å². The molecule has 1 heteroatoms. The van der Waals surface area contributed by atoms with E-state index in [2.05, 4.69) is 97.3 Å². The zero-order chi connectivity index (χ0) is 21.4. The van der Waals surface area contributed by atoms with Gasteiger partial charge in [-0.2, -0.15) is 4.57 Å². The van der Waals surface area contributed by atoms with Crippen molar-refractivity contribution in [1.82, 2.24) is 0 Å². The molecule has 0 amide bonds. The minimum Gasteiger partial charge on any atom is -0.192 e. The van der Waals surface area contributed by atoms with Gasteiger partial charge in [-0.3, -0.25) is 0 Å². The summed E-state index contributed by atoms with van der Waals surface area (Å²) in [6, 6.07) is 9.75. The molecule has 0 N–H and O–H groups in total. The molecule has 2 aromatic rings. The number of hydrogen-bond acceptors (Lipinski definition) is 0. The molecule has 1 aliphatic carbocycles. The molecule has 4 rings (SSSR count). The molecule has 2 aliphatic rings. The lowest BCUT2D eigenvalue weighted by molar-refractivity contribution is -0.765. The molecule has 0 saturated carbocycles. The largest absolute Gasteiger partial charge is 0.216 e. The van der Waals surface area contributed by atoms with E-state index in [1.54, 1.807) is 16.7 Å². The number of rotatable bonds is 2. The maximum atomic E-state index is 2.64. The molecular weight excluding hydrogens is 350 g/mol. The summed E-state index contributed by atoms with van der Waals surface area (Å²) in [5.41, 5.74) is 9.69. The number of hydrogen-bond donors (Lipinski definition) is 0. The molecular formula is C28H40N+. The van der Waals surface area contributed by atoms with Gasteiger partial charge in [0.25, 0.3) is 0 Å². The lowest BCUT2D eigenvalue weighted by atomic mass is 9.57. The molecule has 0 saturated heterocycles. The lowest BCUT2D eigenvalue weighted by Gasteiger charge is -2.49. The van der Waals surface area contributed by atoms with Gasteiger partial charge in [0.1, 0.15) is 0 Å². The smallest absolute Gasteiger partial charge is 0.192 e. The average Bonchev–Trinajstić information content (AvgIpc) is 2.68. The van der Waals surface area contributed by atoms with Crippen LogP contribution in [0, 0.1) is 6.92 Å². The van der Waals surface area contributed by atoms with Crippen LogP contribution in [0.25, 0.3) is 11.3 Å². The van der Waals surface area contributed by atoms with Crippen molar-refractivity contribution in [3.8, 4) is 11.3 Å². The van der Waals surface area contributed by atoms with Crippen molar-refractivity contribution in [2.45, 2.75) is 110 Å². The van der Waals surface area contributed by atoms with Gasteiger partial charge in [0.05, 0.1) is 11.0 Å². The topological polar surface area (TPSA) is 3.88 Å². The van der Waals surface area contributed by atoms with E-state index in [1.807, 2.05) is 0 Å². The normalized spacial score (nSPS) is 29.0. The Morgan fingerprint density at radius 3 is 1.97 bits per heavy atom. The second-order valence-electron chi connectivity index (χ2n) is 11.4. The Bertz CT molecular complexity index is 980. The molecule has 0 bridgehead atoms. The van der Waals surface area contributed by atoms with Crippen LogP contribution in [0.4, 0.5) is 0 Å². The SMILES string of the molecule is CCC1(C)c2cc3c(cc2-c2c(C)ccc[n+]2C1(C)CC)C(C)(C)CCC3(C)C. The second kappa shape index (κ2) is 6.19. The molecule has 2 unspecified atom stereocenters. The standard InChI is InChI=1S/C28H40N/c1-10-27(8)21-18-23-22(25(4,5)14-15-26(23,6)7)17-20(21)24-19(3)13-12-16-29(24)28(27,9)11-2/h12-13,16-18H,10-11,14-15H2,1-9H3/q+1. The third-order valence-electron chi connectivity index (χ3n) is 9.15. The van der Waals surface area contributed by atoms with Gasteiger partial charge in [-0.25, -0.2) is 0 Å². The second-order valence-corrected chi connectivity index (χ2v) is 11.4. The van der Waals surface area contributed by atoms with Crippen LogP contribution >= 0.6 is 0 Å². The minimum absolute atomic E-state index is 0.0681. The fraction of sp³-hybridized carbons (Fsp3) is 0.607. The Labute approximate surface area is 178 Å². The lowest BCUT2D eigenvalue weighted by Crippen LogP contribution is -2.67. The van der Waals surface area contributed by atoms with Crippen molar-refractivity contribution in [2.75, 3.05) is 0 Å². The summed E-state index contributed by atoms with van der Waals surface area (Å²) in [5, 5.41) is 0. The van der Waals surface area contributed by atoms with Crippen molar-refractivity contribution in [2.24, 2.45) is 0 Å². The number of aromatic nitrogens is 1. The molecule has 1 nitrogen and oxygen atoms in total. The third-order valence-corrected chi connectivity index (χ3v) is 9.15. The van der Waals surface area contributed by atoms with E-state index < -0.39 is 0 Å². The molecule has 0 radical (unpaired) electrons. The van der Waals surface area contributed by atoms with Gasteiger partial charge >= 0.3 is 0 Å². The van der Waals surface area contributed by atoms with Crippen molar-refractivity contribution in [3.05, 3.63) is 52.7 Å². The van der Waals surface area contributed by atoms with E-state index >= 15 is 0 Å². The first-order valence-corrected chi connectivity index (χ1v) is 11.6. The van der Waals surface area contributed by atoms with Crippen LogP contribution in [0.15, 0.2) is 30.5 Å². The average molecular weight is 391 g/mol. The van der Waals surface area contributed by atoms with E-state index in [-0.39, 0.29) is 21.8 Å². The van der Waals surface area contributed by atoms with Crippen LogP contribution in [-0.2, 0) is 21.8 Å². The van der Waals surface area contributed by atoms with Gasteiger partial charge in [-0.15, -0.1) is 0 Å². The number of nitrogens with zero attached hydrogens (tertiary/aromatic N) is 1. The number of pyridine rings is 1. The first-order valence-electron chi connectivity index (χ1n) is 11.6. The first-order chi connectivity index (χ1) is 13.4. The third kappa shape index (κ3) is 2.55. The van der Waals surface area contributed by atoms with Gasteiger partial charge in [0.2, 0.25) is 5.69 Å². The molecule has 0 spiro atoms. The van der Waals surface area contributed by atoms with E-state index in [9.17, 15) is 0 Å². The zero-order valence-electron chi connectivity index (χ0n) is 20.2. The fourth-order valence-electron chi connectivity index (χ4n) is 6.32.